The van der Waals surface area contributed by atoms with Gasteiger partial charge in [-0.2, -0.15) is 0 Å². The van der Waals surface area contributed by atoms with Crippen molar-refractivity contribution in [1.29, 1.82) is 0 Å². The van der Waals surface area contributed by atoms with Gasteiger partial charge in [0, 0.05) is 19.3 Å². The van der Waals surface area contributed by atoms with Gasteiger partial charge in [-0.05, 0) is 109 Å². The van der Waals surface area contributed by atoms with Crippen LogP contribution in [0.2, 0.25) is 0 Å². The minimum absolute atomic E-state index is 0.103. The summed E-state index contributed by atoms with van der Waals surface area (Å²) in [6, 6.07) is 0. The molecule has 0 fully saturated rings. The summed E-state index contributed by atoms with van der Waals surface area (Å²) in [6.45, 7) is 6.32. The first-order valence-corrected chi connectivity index (χ1v) is 30.7. The molecule has 0 aromatic rings. The minimum Gasteiger partial charge on any atom is -0.462 e. The van der Waals surface area contributed by atoms with Gasteiger partial charge in [0.2, 0.25) is 0 Å². The first kappa shape index (κ1) is 70.5. The monoisotopic (exact) mass is 1040 g/mol. The number of carbonyl (C=O) groups is 3. The second kappa shape index (κ2) is 62.1. The van der Waals surface area contributed by atoms with E-state index < -0.39 is 6.10 Å². The van der Waals surface area contributed by atoms with Crippen LogP contribution in [0.5, 0.6) is 0 Å². The van der Waals surface area contributed by atoms with Crippen LogP contribution in [0.4, 0.5) is 0 Å². The van der Waals surface area contributed by atoms with Crippen LogP contribution in [0.3, 0.4) is 0 Å². The Labute approximate surface area is 462 Å². The number of hydrogen-bond acceptors (Lipinski definition) is 6. The van der Waals surface area contributed by atoms with Gasteiger partial charge in [0.1, 0.15) is 13.2 Å². The number of ether oxygens (including phenoxy) is 3. The van der Waals surface area contributed by atoms with Crippen LogP contribution in [0.25, 0.3) is 0 Å². The summed E-state index contributed by atoms with van der Waals surface area (Å²) in [7, 11) is 0. The third-order valence-corrected chi connectivity index (χ3v) is 12.7. The molecule has 6 nitrogen and oxygen atoms in total. The molecule has 0 N–H and O–H groups in total. The molecule has 0 spiro atoms. The zero-order valence-corrected chi connectivity index (χ0v) is 48.5. The number of allylic oxidation sites excluding steroid dienone is 22. The zero-order valence-electron chi connectivity index (χ0n) is 48.5. The van der Waals surface area contributed by atoms with E-state index in [-0.39, 0.29) is 37.5 Å². The highest BCUT2D eigenvalue weighted by molar-refractivity contribution is 5.71. The highest BCUT2D eigenvalue weighted by atomic mass is 16.6. The molecule has 0 saturated heterocycles. The second-order valence-corrected chi connectivity index (χ2v) is 19.9. The molecule has 0 saturated carbocycles. The van der Waals surface area contributed by atoms with Crippen molar-refractivity contribution in [2.75, 3.05) is 13.2 Å². The fourth-order valence-corrected chi connectivity index (χ4v) is 8.13. The first-order chi connectivity index (χ1) is 37.0. The SMILES string of the molecule is CC/C=C\C/C=C\C/C=C\C/C=C\C/C=C\C/C=C\C/C=C\CCCC(=O)OC(COC(=O)CCCCCCCCC)COC(=O)CCCCCCCCCCCCCCCC/C=C\C/C=C\C/C=C\C/C=C\CC. The fourth-order valence-electron chi connectivity index (χ4n) is 8.13. The lowest BCUT2D eigenvalue weighted by Crippen LogP contribution is -2.30. The van der Waals surface area contributed by atoms with E-state index in [4.69, 9.17) is 14.2 Å². The van der Waals surface area contributed by atoms with Crippen molar-refractivity contribution < 1.29 is 28.6 Å². The molecule has 0 amide bonds. The van der Waals surface area contributed by atoms with Crippen LogP contribution in [-0.2, 0) is 28.6 Å². The van der Waals surface area contributed by atoms with E-state index in [1.165, 1.54) is 103 Å². The van der Waals surface area contributed by atoms with Gasteiger partial charge in [-0.1, -0.05) is 270 Å². The van der Waals surface area contributed by atoms with Crippen molar-refractivity contribution >= 4 is 17.9 Å². The third-order valence-electron chi connectivity index (χ3n) is 12.7. The molecule has 0 bridgehead atoms. The Bertz CT molecular complexity index is 1620. The highest BCUT2D eigenvalue weighted by Crippen LogP contribution is 2.15. The Morgan fingerprint density at radius 2 is 0.533 bits per heavy atom. The van der Waals surface area contributed by atoms with E-state index in [9.17, 15) is 14.4 Å². The van der Waals surface area contributed by atoms with Crippen LogP contribution in [0, 0.1) is 0 Å². The van der Waals surface area contributed by atoms with E-state index in [1.807, 2.05) is 0 Å². The van der Waals surface area contributed by atoms with Crippen molar-refractivity contribution in [1.82, 2.24) is 0 Å². The Balaban J connectivity index is 4.25. The maximum Gasteiger partial charge on any atom is 0.306 e. The first-order valence-electron chi connectivity index (χ1n) is 30.7. The standard InChI is InChI=1S/C69H112O6/c1-4-7-10-13-16-18-20-22-24-26-28-30-32-33-34-35-37-38-40-42-44-46-48-50-53-56-59-62-68(71)74-65-66(64-73-67(70)61-58-55-52-15-12-9-6-3)75-69(72)63-60-57-54-51-49-47-45-43-41-39-36-31-29-27-25-23-21-19-17-14-11-8-5-2/h7-8,10-11,16-19,22-25,28-31,39,41,45,47,51,54,66H,4-6,9,12-15,20-21,26-27,32-38,40,42-44,46,48-50,52-53,55-65H2,1-3H3/b10-7-,11-8-,18-16-,19-17-,24-22-,25-23-,30-28-,31-29-,41-39-,47-45-,54-51-. The molecule has 0 aliphatic carbocycles. The number of rotatable bonds is 54. The average Bonchev–Trinajstić information content (AvgIpc) is 3.41. The number of unbranched alkanes of at least 4 members (excludes halogenated alkanes) is 21. The Hall–Kier alpha value is -4.45. The van der Waals surface area contributed by atoms with Crippen molar-refractivity contribution in [3.63, 3.8) is 0 Å². The minimum atomic E-state index is -0.810. The molecule has 1 unspecified atom stereocenters. The van der Waals surface area contributed by atoms with Gasteiger partial charge in [-0.25, -0.2) is 0 Å². The van der Waals surface area contributed by atoms with E-state index in [2.05, 4.69) is 154 Å². The number of esters is 3. The lowest BCUT2D eigenvalue weighted by Gasteiger charge is -2.18. The quantitative estimate of drug-likeness (QED) is 0.0261. The number of hydrogen-bond donors (Lipinski definition) is 0. The molecule has 424 valence electrons. The number of carbonyl (C=O) groups excluding carboxylic acids is 3. The van der Waals surface area contributed by atoms with Crippen molar-refractivity contribution in [2.24, 2.45) is 0 Å². The zero-order chi connectivity index (χ0) is 54.3. The van der Waals surface area contributed by atoms with Crippen molar-refractivity contribution in [2.45, 2.75) is 271 Å². The maximum atomic E-state index is 12.8. The Morgan fingerprint density at radius 1 is 0.280 bits per heavy atom. The van der Waals surface area contributed by atoms with Gasteiger partial charge in [0.25, 0.3) is 0 Å². The van der Waals surface area contributed by atoms with E-state index >= 15 is 0 Å². The molecule has 0 radical (unpaired) electrons. The normalized spacial score (nSPS) is 13.1. The van der Waals surface area contributed by atoms with Gasteiger partial charge < -0.3 is 14.2 Å². The molecular weight excluding hydrogens is 925 g/mol. The van der Waals surface area contributed by atoms with Crippen LogP contribution in [0.1, 0.15) is 265 Å². The molecule has 75 heavy (non-hydrogen) atoms. The fraction of sp³-hybridized carbons (Fsp3) is 0.638. The summed E-state index contributed by atoms with van der Waals surface area (Å²) in [5, 5.41) is 0. The van der Waals surface area contributed by atoms with Gasteiger partial charge in [0.05, 0.1) is 0 Å². The van der Waals surface area contributed by atoms with Crippen LogP contribution in [-0.4, -0.2) is 37.2 Å². The molecular formula is C69H112O6. The Kier molecular flexibility index (Phi) is 58.4. The van der Waals surface area contributed by atoms with E-state index in [1.54, 1.807) is 0 Å². The Morgan fingerprint density at radius 3 is 0.853 bits per heavy atom. The molecule has 6 heteroatoms. The lowest BCUT2D eigenvalue weighted by molar-refractivity contribution is -0.167. The molecule has 1 atom stereocenters. The summed E-state index contributed by atoms with van der Waals surface area (Å²) in [5.41, 5.74) is 0. The third kappa shape index (κ3) is 60.3. The molecule has 0 aliphatic rings. The predicted molar refractivity (Wildman–Crippen MR) is 325 cm³/mol. The second-order valence-electron chi connectivity index (χ2n) is 19.9. The van der Waals surface area contributed by atoms with Crippen molar-refractivity contribution in [3.05, 3.63) is 134 Å². The smallest absolute Gasteiger partial charge is 0.306 e. The van der Waals surface area contributed by atoms with Gasteiger partial charge in [-0.3, -0.25) is 14.4 Å². The average molecular weight is 1040 g/mol. The van der Waals surface area contributed by atoms with Crippen LogP contribution < -0.4 is 0 Å². The largest absolute Gasteiger partial charge is 0.462 e. The summed E-state index contributed by atoms with van der Waals surface area (Å²) in [4.78, 5) is 38.0. The van der Waals surface area contributed by atoms with Gasteiger partial charge >= 0.3 is 17.9 Å². The molecule has 0 heterocycles. The maximum absolute atomic E-state index is 12.8. The summed E-state index contributed by atoms with van der Waals surface area (Å²) < 4.78 is 16.8. The van der Waals surface area contributed by atoms with Crippen LogP contribution >= 0.6 is 0 Å². The van der Waals surface area contributed by atoms with Crippen LogP contribution in [0.15, 0.2) is 134 Å². The summed E-state index contributed by atoms with van der Waals surface area (Å²) in [6.07, 6.45) is 87.7. The molecule has 0 aromatic heterocycles. The van der Waals surface area contributed by atoms with Gasteiger partial charge in [0.15, 0.2) is 6.10 Å². The van der Waals surface area contributed by atoms with E-state index in [0.717, 1.165) is 116 Å². The summed E-state index contributed by atoms with van der Waals surface area (Å²) in [5.74, 6) is -0.971. The molecule has 0 rings (SSSR count). The predicted octanol–water partition coefficient (Wildman–Crippen LogP) is 21.0. The highest BCUT2D eigenvalue weighted by Gasteiger charge is 2.19. The topological polar surface area (TPSA) is 78.9 Å². The van der Waals surface area contributed by atoms with E-state index in [0.29, 0.717) is 19.3 Å². The van der Waals surface area contributed by atoms with Gasteiger partial charge in [-0.15, -0.1) is 0 Å². The summed E-state index contributed by atoms with van der Waals surface area (Å²) >= 11 is 0. The molecule has 0 aromatic carbocycles. The lowest BCUT2D eigenvalue weighted by atomic mass is 10.0. The molecule has 0 aliphatic heterocycles. The van der Waals surface area contributed by atoms with Crippen molar-refractivity contribution in [3.8, 4) is 0 Å².